The molecule has 0 aliphatic carbocycles. The number of pyridine rings is 1. The molecule has 0 saturated carbocycles. The first-order valence-corrected chi connectivity index (χ1v) is 4.15. The van der Waals surface area contributed by atoms with Crippen molar-refractivity contribution < 1.29 is 14.3 Å². The van der Waals surface area contributed by atoms with Crippen molar-refractivity contribution in [3.05, 3.63) is 17.8 Å². The summed E-state index contributed by atoms with van der Waals surface area (Å²) in [5.41, 5.74) is 6.17. The summed E-state index contributed by atoms with van der Waals surface area (Å²) >= 11 is 0. The van der Waals surface area contributed by atoms with E-state index in [1.54, 1.807) is 6.92 Å². The fraction of sp³-hybridized carbons (Fsp3) is 0.333. The predicted molar refractivity (Wildman–Crippen MR) is 51.2 cm³/mol. The Kier molecular flexibility index (Phi) is 3.28. The molecule has 1 heterocycles. The predicted octanol–water partition coefficient (Wildman–Crippen LogP) is 0.849. The molecule has 5 nitrogen and oxygen atoms in total. The van der Waals surface area contributed by atoms with E-state index in [4.69, 9.17) is 15.2 Å². The van der Waals surface area contributed by atoms with Crippen molar-refractivity contribution in [2.24, 2.45) is 0 Å². The molecular weight excluding hydrogens is 184 g/mol. The van der Waals surface area contributed by atoms with E-state index in [-0.39, 0.29) is 5.56 Å². The van der Waals surface area contributed by atoms with Crippen LogP contribution in [-0.2, 0) is 4.74 Å². The van der Waals surface area contributed by atoms with Gasteiger partial charge in [0.05, 0.1) is 19.4 Å². The minimum absolute atomic E-state index is 0.257. The SMILES string of the molecule is CCOC(=O)c1cnc(OC)cc1N. The third kappa shape index (κ3) is 2.12. The number of nitrogens with zero attached hydrogens (tertiary/aromatic N) is 1. The van der Waals surface area contributed by atoms with Crippen molar-refractivity contribution in [2.45, 2.75) is 6.92 Å². The number of nitrogen functional groups attached to an aromatic ring is 1. The second-order valence-corrected chi connectivity index (χ2v) is 2.53. The van der Waals surface area contributed by atoms with Crippen molar-refractivity contribution in [3.63, 3.8) is 0 Å². The summed E-state index contributed by atoms with van der Waals surface area (Å²) in [5.74, 6) is -0.101. The lowest BCUT2D eigenvalue weighted by molar-refractivity contribution is 0.0527. The molecule has 0 aliphatic rings. The summed E-state index contributed by atoms with van der Waals surface area (Å²) in [6.07, 6.45) is 1.34. The van der Waals surface area contributed by atoms with E-state index in [1.165, 1.54) is 19.4 Å². The third-order valence-electron chi connectivity index (χ3n) is 1.62. The van der Waals surface area contributed by atoms with Gasteiger partial charge in [0.25, 0.3) is 0 Å². The average Bonchev–Trinajstić information content (AvgIpc) is 2.17. The zero-order valence-electron chi connectivity index (χ0n) is 8.11. The normalized spacial score (nSPS) is 9.57. The van der Waals surface area contributed by atoms with E-state index >= 15 is 0 Å². The number of hydrogen-bond donors (Lipinski definition) is 1. The van der Waals surface area contributed by atoms with Crippen LogP contribution in [0.1, 0.15) is 17.3 Å². The van der Waals surface area contributed by atoms with E-state index in [1.807, 2.05) is 0 Å². The Hall–Kier alpha value is -1.78. The van der Waals surface area contributed by atoms with Crippen LogP contribution in [0, 0.1) is 0 Å². The quantitative estimate of drug-likeness (QED) is 0.725. The minimum atomic E-state index is -0.472. The fourth-order valence-electron chi connectivity index (χ4n) is 0.942. The molecule has 0 fully saturated rings. The van der Waals surface area contributed by atoms with Crippen LogP contribution in [0.2, 0.25) is 0 Å². The lowest BCUT2D eigenvalue weighted by Crippen LogP contribution is -2.08. The molecule has 0 bridgehead atoms. The lowest BCUT2D eigenvalue weighted by Gasteiger charge is -2.05. The highest BCUT2D eigenvalue weighted by molar-refractivity contribution is 5.94. The zero-order chi connectivity index (χ0) is 10.6. The van der Waals surface area contributed by atoms with Gasteiger partial charge in [-0.3, -0.25) is 0 Å². The monoisotopic (exact) mass is 196 g/mol. The summed E-state index contributed by atoms with van der Waals surface area (Å²) in [6.45, 7) is 2.04. The van der Waals surface area contributed by atoms with E-state index in [0.717, 1.165) is 0 Å². The summed E-state index contributed by atoms with van der Waals surface area (Å²) in [4.78, 5) is 15.1. The summed E-state index contributed by atoms with van der Waals surface area (Å²) < 4.78 is 9.63. The molecule has 0 spiro atoms. The number of anilines is 1. The van der Waals surface area contributed by atoms with Crippen molar-refractivity contribution in [3.8, 4) is 5.88 Å². The van der Waals surface area contributed by atoms with Crippen LogP contribution in [0.3, 0.4) is 0 Å². The Bertz CT molecular complexity index is 339. The average molecular weight is 196 g/mol. The molecular formula is C9H12N2O3. The van der Waals surface area contributed by atoms with Crippen LogP contribution in [-0.4, -0.2) is 24.7 Å². The number of carbonyl (C=O) groups is 1. The molecule has 0 amide bonds. The Morgan fingerprint density at radius 1 is 1.64 bits per heavy atom. The van der Waals surface area contributed by atoms with E-state index in [0.29, 0.717) is 18.2 Å². The lowest BCUT2D eigenvalue weighted by atomic mass is 10.2. The second kappa shape index (κ2) is 4.45. The maximum Gasteiger partial charge on any atom is 0.341 e. The van der Waals surface area contributed by atoms with Gasteiger partial charge in [0.2, 0.25) is 5.88 Å². The van der Waals surface area contributed by atoms with Crippen LogP contribution in [0.4, 0.5) is 5.69 Å². The van der Waals surface area contributed by atoms with Crippen LogP contribution >= 0.6 is 0 Å². The van der Waals surface area contributed by atoms with Gasteiger partial charge in [0.1, 0.15) is 5.56 Å². The Morgan fingerprint density at radius 3 is 2.86 bits per heavy atom. The standard InChI is InChI=1S/C9H12N2O3/c1-3-14-9(12)6-5-11-8(13-2)4-7(6)10/h4-5H,3H2,1-2H3,(H2,10,11). The van der Waals surface area contributed by atoms with Gasteiger partial charge in [-0.25, -0.2) is 9.78 Å². The highest BCUT2D eigenvalue weighted by Crippen LogP contribution is 2.16. The number of hydrogen-bond acceptors (Lipinski definition) is 5. The largest absolute Gasteiger partial charge is 0.481 e. The molecule has 0 unspecified atom stereocenters. The van der Waals surface area contributed by atoms with Gasteiger partial charge in [-0.1, -0.05) is 0 Å². The molecule has 0 aromatic carbocycles. The molecule has 2 N–H and O–H groups in total. The summed E-state index contributed by atoms with van der Waals surface area (Å²) in [7, 11) is 1.48. The fourth-order valence-corrected chi connectivity index (χ4v) is 0.942. The molecule has 0 radical (unpaired) electrons. The zero-order valence-corrected chi connectivity index (χ0v) is 8.11. The number of ether oxygens (including phenoxy) is 2. The molecule has 1 aromatic rings. The number of aromatic nitrogens is 1. The smallest absolute Gasteiger partial charge is 0.341 e. The van der Waals surface area contributed by atoms with Gasteiger partial charge in [-0.05, 0) is 6.92 Å². The van der Waals surface area contributed by atoms with Crippen LogP contribution in [0.5, 0.6) is 5.88 Å². The van der Waals surface area contributed by atoms with Crippen molar-refractivity contribution in [1.82, 2.24) is 4.98 Å². The van der Waals surface area contributed by atoms with Crippen LogP contribution in [0.15, 0.2) is 12.3 Å². The minimum Gasteiger partial charge on any atom is -0.481 e. The highest BCUT2D eigenvalue weighted by atomic mass is 16.5. The van der Waals surface area contributed by atoms with Crippen LogP contribution in [0.25, 0.3) is 0 Å². The first kappa shape index (κ1) is 10.3. The van der Waals surface area contributed by atoms with E-state index in [9.17, 15) is 4.79 Å². The summed E-state index contributed by atoms with van der Waals surface area (Å²) in [5, 5.41) is 0. The highest BCUT2D eigenvalue weighted by Gasteiger charge is 2.11. The van der Waals surface area contributed by atoms with Gasteiger partial charge >= 0.3 is 5.97 Å². The van der Waals surface area contributed by atoms with Gasteiger partial charge in [-0.2, -0.15) is 0 Å². The number of nitrogens with two attached hydrogens (primary N) is 1. The number of esters is 1. The van der Waals surface area contributed by atoms with Gasteiger partial charge in [0, 0.05) is 12.3 Å². The van der Waals surface area contributed by atoms with Crippen molar-refractivity contribution in [1.29, 1.82) is 0 Å². The van der Waals surface area contributed by atoms with E-state index in [2.05, 4.69) is 4.98 Å². The molecule has 5 heteroatoms. The molecule has 76 valence electrons. The van der Waals surface area contributed by atoms with Gasteiger partial charge < -0.3 is 15.2 Å². The third-order valence-corrected chi connectivity index (χ3v) is 1.62. The number of carbonyl (C=O) groups excluding carboxylic acids is 1. The molecule has 1 aromatic heterocycles. The Morgan fingerprint density at radius 2 is 2.36 bits per heavy atom. The molecule has 0 saturated heterocycles. The number of rotatable bonds is 3. The van der Waals surface area contributed by atoms with E-state index < -0.39 is 5.97 Å². The topological polar surface area (TPSA) is 74.4 Å². The van der Waals surface area contributed by atoms with Gasteiger partial charge in [-0.15, -0.1) is 0 Å². The van der Waals surface area contributed by atoms with Crippen molar-refractivity contribution in [2.75, 3.05) is 19.5 Å². The Balaban J connectivity index is 2.94. The molecule has 0 atom stereocenters. The van der Waals surface area contributed by atoms with Crippen LogP contribution < -0.4 is 10.5 Å². The Labute approximate surface area is 81.8 Å². The second-order valence-electron chi connectivity index (χ2n) is 2.53. The van der Waals surface area contributed by atoms with Gasteiger partial charge in [0.15, 0.2) is 0 Å². The maximum absolute atomic E-state index is 11.3. The van der Waals surface area contributed by atoms with Crippen molar-refractivity contribution >= 4 is 11.7 Å². The molecule has 14 heavy (non-hydrogen) atoms. The number of methoxy groups -OCH3 is 1. The maximum atomic E-state index is 11.3. The first-order chi connectivity index (χ1) is 6.69. The first-order valence-electron chi connectivity index (χ1n) is 4.15. The summed E-state index contributed by atoms with van der Waals surface area (Å²) in [6, 6.07) is 1.48. The molecule has 0 aliphatic heterocycles. The molecule has 1 rings (SSSR count).